The minimum absolute atomic E-state index is 0. The Morgan fingerprint density at radius 1 is 0.600 bits per heavy atom. The number of rotatable bonds is 0. The van der Waals surface area contributed by atoms with Crippen molar-refractivity contribution >= 4 is 23.9 Å². The summed E-state index contributed by atoms with van der Waals surface area (Å²) in [7, 11) is 0. The van der Waals surface area contributed by atoms with Gasteiger partial charge in [-0.2, -0.15) is 0 Å². The van der Waals surface area contributed by atoms with E-state index in [2.05, 4.69) is 0 Å². The molecule has 0 aromatic carbocycles. The molecule has 0 aliphatic heterocycles. The summed E-state index contributed by atoms with van der Waals surface area (Å²) >= 11 is 0. The Hall–Kier alpha value is 2.53. The van der Waals surface area contributed by atoms with Crippen molar-refractivity contribution in [2.45, 2.75) is 0 Å². The minimum atomic E-state index is 0. The predicted octanol–water partition coefficient (Wildman–Crippen LogP) is -12.4. The van der Waals surface area contributed by atoms with Crippen LogP contribution in [0.3, 0.4) is 0 Å². The van der Waals surface area contributed by atoms with E-state index in [-0.39, 0.29) is 87.3 Å². The van der Waals surface area contributed by atoms with Gasteiger partial charge in [-0.05, 0) is 0 Å². The molecule has 0 unspecified atom stereocenters. The molecular formula is Br3ClSn. The summed E-state index contributed by atoms with van der Waals surface area (Å²) in [6, 6.07) is 0. The molecule has 0 radical (unpaired) electrons. The first-order valence-corrected chi connectivity index (χ1v) is 0. The van der Waals surface area contributed by atoms with Gasteiger partial charge in [0.1, 0.15) is 0 Å². The van der Waals surface area contributed by atoms with Crippen LogP contribution in [0, 0.1) is 0 Å². The van der Waals surface area contributed by atoms with Crippen molar-refractivity contribution in [2.24, 2.45) is 0 Å². The summed E-state index contributed by atoms with van der Waals surface area (Å²) in [5.41, 5.74) is 0. The van der Waals surface area contributed by atoms with Crippen molar-refractivity contribution in [2.75, 3.05) is 0 Å². The standard InChI is InChI=1S/3BrH.ClH.Sn/h4*1H;/q;;;;+4/p-4. The molecule has 5 heteroatoms. The molecule has 0 heterocycles. The van der Waals surface area contributed by atoms with Crippen LogP contribution in [0.2, 0.25) is 0 Å². The van der Waals surface area contributed by atoms with Crippen molar-refractivity contribution < 1.29 is 63.4 Å². The summed E-state index contributed by atoms with van der Waals surface area (Å²) in [5, 5.41) is 0. The molecule has 0 bridgehead atoms. The first-order chi connectivity index (χ1) is 0. The second kappa shape index (κ2) is 31.2. The topological polar surface area (TPSA) is 0 Å². The van der Waals surface area contributed by atoms with Crippen molar-refractivity contribution in [1.82, 2.24) is 0 Å². The van der Waals surface area contributed by atoms with Gasteiger partial charge in [0, 0.05) is 0 Å². The van der Waals surface area contributed by atoms with E-state index in [4.69, 9.17) is 0 Å². The Balaban J connectivity index is 0. The molecule has 0 saturated heterocycles. The van der Waals surface area contributed by atoms with Crippen LogP contribution in [0.15, 0.2) is 0 Å². The van der Waals surface area contributed by atoms with E-state index in [0.29, 0.717) is 0 Å². The number of hydrogen-bond acceptors (Lipinski definition) is 0. The molecule has 0 aliphatic rings. The van der Waals surface area contributed by atoms with Gasteiger partial charge in [0.2, 0.25) is 0 Å². The van der Waals surface area contributed by atoms with Gasteiger partial charge < -0.3 is 63.4 Å². The van der Waals surface area contributed by atoms with Crippen molar-refractivity contribution in [3.63, 3.8) is 0 Å². The van der Waals surface area contributed by atoms with Gasteiger partial charge in [-0.1, -0.05) is 0 Å². The van der Waals surface area contributed by atoms with Crippen LogP contribution < -0.4 is 63.4 Å². The second-order valence-electron chi connectivity index (χ2n) is 0. The predicted molar refractivity (Wildman–Crippen MR) is 5.75 cm³/mol. The third-order valence-electron chi connectivity index (χ3n) is 0. The molecule has 0 aromatic rings. The Morgan fingerprint density at radius 3 is 0.600 bits per heavy atom. The fraction of sp³-hybridized carbons (Fsp3) is 0. The van der Waals surface area contributed by atoms with Crippen LogP contribution >= 0.6 is 0 Å². The first-order valence-electron chi connectivity index (χ1n) is 0. The maximum Gasteiger partial charge on any atom is 4.00 e. The van der Waals surface area contributed by atoms with Crippen molar-refractivity contribution in [3.05, 3.63) is 0 Å². The average molecular weight is 394 g/mol. The smallest absolute Gasteiger partial charge is 1.00 e. The molecule has 0 atom stereocenters. The minimum Gasteiger partial charge on any atom is -1.00 e. The normalized spacial score (nSPS) is 0. The third kappa shape index (κ3) is 20.9. The van der Waals surface area contributed by atoms with Crippen LogP contribution in [0.4, 0.5) is 0 Å². The molecule has 0 rings (SSSR count). The molecule has 32 valence electrons. The molecule has 0 aliphatic carbocycles. The molecule has 5 heavy (non-hydrogen) atoms. The Bertz CT molecular complexity index is 6.85. The fourth-order valence-corrected chi connectivity index (χ4v) is 0. The largest absolute Gasteiger partial charge is 4.00 e. The fourth-order valence-electron chi connectivity index (χ4n) is 0. The quantitative estimate of drug-likeness (QED) is 0.359. The summed E-state index contributed by atoms with van der Waals surface area (Å²) in [4.78, 5) is 0. The Morgan fingerprint density at radius 2 is 0.600 bits per heavy atom. The van der Waals surface area contributed by atoms with E-state index in [9.17, 15) is 0 Å². The zero-order valence-electron chi connectivity index (χ0n) is 2.01. The van der Waals surface area contributed by atoms with Gasteiger partial charge >= 0.3 is 23.9 Å². The van der Waals surface area contributed by atoms with Crippen LogP contribution in [-0.2, 0) is 0 Å². The van der Waals surface area contributed by atoms with E-state index in [1.807, 2.05) is 0 Å². The first kappa shape index (κ1) is 50.2. The molecular weight excluding hydrogens is 394 g/mol. The molecule has 0 amide bonds. The van der Waals surface area contributed by atoms with Crippen LogP contribution in [0.5, 0.6) is 0 Å². The molecule has 0 aromatic heterocycles. The third-order valence-corrected chi connectivity index (χ3v) is 0. The monoisotopic (exact) mass is 392 g/mol. The van der Waals surface area contributed by atoms with Gasteiger partial charge in [-0.3, -0.25) is 0 Å². The number of halogens is 4. The van der Waals surface area contributed by atoms with Gasteiger partial charge in [0.25, 0.3) is 0 Å². The van der Waals surface area contributed by atoms with Crippen LogP contribution in [0.25, 0.3) is 0 Å². The van der Waals surface area contributed by atoms with E-state index in [0.717, 1.165) is 0 Å². The second-order valence-corrected chi connectivity index (χ2v) is 0. The van der Waals surface area contributed by atoms with E-state index < -0.39 is 0 Å². The van der Waals surface area contributed by atoms with E-state index >= 15 is 0 Å². The summed E-state index contributed by atoms with van der Waals surface area (Å²) in [5.74, 6) is 0. The molecule has 0 saturated carbocycles. The van der Waals surface area contributed by atoms with Crippen LogP contribution in [-0.4, -0.2) is 23.9 Å². The SMILES string of the molecule is [Br-].[Br-].[Br-].[Cl-].[Sn+4]. The molecule has 0 nitrogen and oxygen atoms in total. The summed E-state index contributed by atoms with van der Waals surface area (Å²) < 4.78 is 0. The molecule has 0 N–H and O–H groups in total. The Labute approximate surface area is 86.1 Å². The van der Waals surface area contributed by atoms with E-state index in [1.54, 1.807) is 0 Å². The van der Waals surface area contributed by atoms with Gasteiger partial charge in [-0.15, -0.1) is 0 Å². The average Bonchev–Trinajstić information content (AvgIpc) is 0. The van der Waals surface area contributed by atoms with Gasteiger partial charge in [0.15, 0.2) is 0 Å². The summed E-state index contributed by atoms with van der Waals surface area (Å²) in [6.45, 7) is 0. The zero-order chi connectivity index (χ0) is 0. The van der Waals surface area contributed by atoms with Gasteiger partial charge in [-0.25, -0.2) is 0 Å². The molecule has 0 fully saturated rings. The summed E-state index contributed by atoms with van der Waals surface area (Å²) in [6.07, 6.45) is 0. The van der Waals surface area contributed by atoms with Crippen molar-refractivity contribution in [3.8, 4) is 0 Å². The Kier molecular flexibility index (Phi) is 313. The molecule has 0 spiro atoms. The maximum atomic E-state index is 0. The zero-order valence-corrected chi connectivity index (χ0v) is 10.4. The number of hydrogen-bond donors (Lipinski definition) is 0. The van der Waals surface area contributed by atoms with Crippen LogP contribution in [0.1, 0.15) is 0 Å². The van der Waals surface area contributed by atoms with E-state index in [1.165, 1.54) is 0 Å². The van der Waals surface area contributed by atoms with Crippen molar-refractivity contribution in [1.29, 1.82) is 0 Å². The maximum absolute atomic E-state index is 0. The van der Waals surface area contributed by atoms with Gasteiger partial charge in [0.05, 0.1) is 0 Å².